The number of hydrogen-bond donors (Lipinski definition) is 0. The second-order valence-electron chi connectivity index (χ2n) is 4.33. The van der Waals surface area contributed by atoms with Crippen molar-refractivity contribution in [3.05, 3.63) is 17.5 Å². The molecule has 4 nitrogen and oxygen atoms in total. The lowest BCUT2D eigenvalue weighted by Crippen LogP contribution is -2.18. The first-order chi connectivity index (χ1) is 7.16. The van der Waals surface area contributed by atoms with E-state index in [9.17, 15) is 4.79 Å². The van der Waals surface area contributed by atoms with E-state index in [1.54, 1.807) is 0 Å². The van der Waals surface area contributed by atoms with E-state index >= 15 is 0 Å². The first-order valence-corrected chi connectivity index (χ1v) is 5.41. The topological polar surface area (TPSA) is 38.1 Å². The molecule has 1 aliphatic carbocycles. The number of carbonyl (C=O) groups excluding carboxylic acids is 1. The fraction of sp³-hybridized carbons (Fsp3) is 0.636. The maximum Gasteiger partial charge on any atom is 0.166 e. The number of likely N-dealkylation sites (N-methyl/N-ethyl adjacent to an activating group) is 1. The normalized spacial score (nSPS) is 15.8. The first-order valence-electron chi connectivity index (χ1n) is 5.41. The lowest BCUT2D eigenvalue weighted by molar-refractivity contribution is 0.0972. The molecular weight excluding hydrogens is 190 g/mol. The number of fused-ring (bicyclic) bond motifs is 1. The Morgan fingerprint density at radius 2 is 2.27 bits per heavy atom. The van der Waals surface area contributed by atoms with Crippen molar-refractivity contribution in [2.24, 2.45) is 0 Å². The van der Waals surface area contributed by atoms with Crippen molar-refractivity contribution >= 4 is 5.78 Å². The Balaban J connectivity index is 2.11. The standard InChI is InChI=1S/C11H17N3O/c1-13(2)6-7-14-8-9-10(12-14)4-3-5-11(9)15/h8H,3-7H2,1-2H3. The molecule has 0 saturated carbocycles. The molecule has 0 unspecified atom stereocenters. The smallest absolute Gasteiger partial charge is 0.166 e. The Morgan fingerprint density at radius 3 is 2.93 bits per heavy atom. The predicted octanol–water partition coefficient (Wildman–Crippen LogP) is 0.964. The van der Waals surface area contributed by atoms with E-state index in [0.29, 0.717) is 6.42 Å². The van der Waals surface area contributed by atoms with Crippen LogP contribution in [0, 0.1) is 0 Å². The third-order valence-electron chi connectivity index (χ3n) is 2.73. The number of rotatable bonds is 3. The minimum atomic E-state index is 0.257. The summed E-state index contributed by atoms with van der Waals surface area (Å²) < 4.78 is 1.90. The van der Waals surface area contributed by atoms with Crippen LogP contribution >= 0.6 is 0 Å². The summed E-state index contributed by atoms with van der Waals surface area (Å²) in [7, 11) is 4.07. The van der Waals surface area contributed by atoms with Crippen molar-refractivity contribution in [1.29, 1.82) is 0 Å². The van der Waals surface area contributed by atoms with Crippen LogP contribution in [0.25, 0.3) is 0 Å². The van der Waals surface area contributed by atoms with Gasteiger partial charge in [0.2, 0.25) is 0 Å². The Bertz CT molecular complexity index is 368. The Morgan fingerprint density at radius 1 is 1.47 bits per heavy atom. The summed E-state index contributed by atoms with van der Waals surface area (Å²) in [6.07, 6.45) is 4.50. The molecule has 1 aliphatic rings. The van der Waals surface area contributed by atoms with Crippen LogP contribution in [0.15, 0.2) is 6.20 Å². The van der Waals surface area contributed by atoms with Crippen molar-refractivity contribution in [2.45, 2.75) is 25.8 Å². The molecule has 0 amide bonds. The van der Waals surface area contributed by atoms with E-state index in [0.717, 1.165) is 37.2 Å². The maximum absolute atomic E-state index is 11.6. The Hall–Kier alpha value is -1.16. The number of ketones is 1. The van der Waals surface area contributed by atoms with Gasteiger partial charge < -0.3 is 4.90 Å². The van der Waals surface area contributed by atoms with Crippen LogP contribution in [-0.4, -0.2) is 41.1 Å². The van der Waals surface area contributed by atoms with E-state index in [1.165, 1.54) is 0 Å². The summed E-state index contributed by atoms with van der Waals surface area (Å²) in [6, 6.07) is 0. The minimum Gasteiger partial charge on any atom is -0.308 e. The molecule has 15 heavy (non-hydrogen) atoms. The third-order valence-corrected chi connectivity index (χ3v) is 2.73. The van der Waals surface area contributed by atoms with Gasteiger partial charge in [-0.1, -0.05) is 0 Å². The molecule has 0 N–H and O–H groups in total. The number of aromatic nitrogens is 2. The maximum atomic E-state index is 11.6. The molecule has 0 aliphatic heterocycles. The Kier molecular flexibility index (Phi) is 2.86. The molecule has 82 valence electrons. The van der Waals surface area contributed by atoms with Crippen LogP contribution in [0.5, 0.6) is 0 Å². The predicted molar refractivity (Wildman–Crippen MR) is 58.0 cm³/mol. The molecule has 1 aromatic heterocycles. The average molecular weight is 207 g/mol. The first kappa shape index (κ1) is 10.4. The van der Waals surface area contributed by atoms with Crippen LogP contribution in [0.1, 0.15) is 28.9 Å². The van der Waals surface area contributed by atoms with Crippen LogP contribution in [0.4, 0.5) is 0 Å². The highest BCUT2D eigenvalue weighted by Crippen LogP contribution is 2.19. The monoisotopic (exact) mass is 207 g/mol. The quantitative estimate of drug-likeness (QED) is 0.741. The van der Waals surface area contributed by atoms with Gasteiger partial charge in [-0.2, -0.15) is 5.10 Å². The molecule has 0 fully saturated rings. The molecule has 0 bridgehead atoms. The number of hydrogen-bond acceptors (Lipinski definition) is 3. The number of nitrogens with zero attached hydrogens (tertiary/aromatic N) is 3. The summed E-state index contributed by atoms with van der Waals surface area (Å²) >= 11 is 0. The number of carbonyl (C=O) groups is 1. The van der Waals surface area contributed by atoms with Gasteiger partial charge in [0.1, 0.15) is 0 Å². The minimum absolute atomic E-state index is 0.257. The third kappa shape index (κ3) is 2.26. The lowest BCUT2D eigenvalue weighted by atomic mass is 9.97. The lowest BCUT2D eigenvalue weighted by Gasteiger charge is -2.08. The van der Waals surface area contributed by atoms with Gasteiger partial charge in [0.25, 0.3) is 0 Å². The molecule has 1 aromatic rings. The fourth-order valence-corrected chi connectivity index (χ4v) is 1.85. The van der Waals surface area contributed by atoms with Crippen LogP contribution < -0.4 is 0 Å². The molecular formula is C11H17N3O. The van der Waals surface area contributed by atoms with Crippen molar-refractivity contribution < 1.29 is 4.79 Å². The van der Waals surface area contributed by atoms with E-state index in [-0.39, 0.29) is 5.78 Å². The molecule has 0 spiro atoms. The molecule has 0 radical (unpaired) electrons. The van der Waals surface area contributed by atoms with Crippen molar-refractivity contribution in [3.8, 4) is 0 Å². The molecule has 2 rings (SSSR count). The van der Waals surface area contributed by atoms with Gasteiger partial charge >= 0.3 is 0 Å². The van der Waals surface area contributed by atoms with Crippen LogP contribution in [0.3, 0.4) is 0 Å². The zero-order chi connectivity index (χ0) is 10.8. The highest BCUT2D eigenvalue weighted by molar-refractivity contribution is 5.97. The van der Waals surface area contributed by atoms with Gasteiger partial charge in [-0.3, -0.25) is 9.48 Å². The van der Waals surface area contributed by atoms with Gasteiger partial charge in [0.15, 0.2) is 5.78 Å². The number of aryl methyl sites for hydroxylation is 1. The van der Waals surface area contributed by atoms with E-state index in [2.05, 4.69) is 10.00 Å². The van der Waals surface area contributed by atoms with E-state index in [4.69, 9.17) is 0 Å². The van der Waals surface area contributed by atoms with Crippen LogP contribution in [0.2, 0.25) is 0 Å². The average Bonchev–Trinajstić information content (AvgIpc) is 2.59. The summed E-state index contributed by atoms with van der Waals surface area (Å²) in [5, 5.41) is 4.44. The van der Waals surface area contributed by atoms with Gasteiger partial charge in [-0.25, -0.2) is 0 Å². The van der Waals surface area contributed by atoms with Gasteiger partial charge in [-0.05, 0) is 26.9 Å². The summed E-state index contributed by atoms with van der Waals surface area (Å²) in [5.41, 5.74) is 1.84. The van der Waals surface area contributed by atoms with Gasteiger partial charge in [0, 0.05) is 19.2 Å². The summed E-state index contributed by atoms with van der Waals surface area (Å²) in [6.45, 7) is 1.81. The zero-order valence-electron chi connectivity index (χ0n) is 9.36. The SMILES string of the molecule is CN(C)CCn1cc2c(n1)CCCC2=O. The van der Waals surface area contributed by atoms with Gasteiger partial charge in [0.05, 0.1) is 17.8 Å². The molecule has 0 saturated heterocycles. The van der Waals surface area contributed by atoms with E-state index < -0.39 is 0 Å². The molecule has 0 aromatic carbocycles. The molecule has 1 heterocycles. The van der Waals surface area contributed by atoms with E-state index in [1.807, 2.05) is 25.0 Å². The number of Topliss-reactive ketones (excluding diaryl/α,β-unsaturated/α-hetero) is 1. The van der Waals surface area contributed by atoms with Crippen molar-refractivity contribution in [3.63, 3.8) is 0 Å². The van der Waals surface area contributed by atoms with Gasteiger partial charge in [-0.15, -0.1) is 0 Å². The van der Waals surface area contributed by atoms with Crippen LogP contribution in [-0.2, 0) is 13.0 Å². The molecule has 4 heteroatoms. The second kappa shape index (κ2) is 4.14. The summed E-state index contributed by atoms with van der Waals surface area (Å²) in [5.74, 6) is 0.257. The highest BCUT2D eigenvalue weighted by Gasteiger charge is 2.20. The summed E-state index contributed by atoms with van der Waals surface area (Å²) in [4.78, 5) is 13.7. The zero-order valence-corrected chi connectivity index (χ0v) is 9.36. The van der Waals surface area contributed by atoms with Crippen molar-refractivity contribution in [1.82, 2.24) is 14.7 Å². The Labute approximate surface area is 89.9 Å². The fourth-order valence-electron chi connectivity index (χ4n) is 1.85. The second-order valence-corrected chi connectivity index (χ2v) is 4.33. The molecule has 0 atom stereocenters. The van der Waals surface area contributed by atoms with Crippen molar-refractivity contribution in [2.75, 3.05) is 20.6 Å². The largest absolute Gasteiger partial charge is 0.308 e. The highest BCUT2D eigenvalue weighted by atomic mass is 16.1.